The summed E-state index contributed by atoms with van der Waals surface area (Å²) >= 11 is 0. The Hall–Kier alpha value is -6.07. The zero-order valence-electron chi connectivity index (χ0n) is 31.0. The van der Waals surface area contributed by atoms with Crippen molar-refractivity contribution in [3.05, 3.63) is 82.7 Å². The molecule has 1 aliphatic carbocycles. The smallest absolute Gasteiger partial charge is 0.270 e. The number of hydrogen-bond acceptors (Lipinski definition) is 9. The molecule has 1 atom stereocenters. The average Bonchev–Trinajstić information content (AvgIpc) is 3.92. The Morgan fingerprint density at radius 2 is 1.73 bits per heavy atom. The maximum Gasteiger partial charge on any atom is 0.270 e. The van der Waals surface area contributed by atoms with E-state index in [1.807, 2.05) is 47.4 Å². The molecular weight excluding hydrogens is 699 g/mol. The zero-order chi connectivity index (χ0) is 38.2. The number of amides is 5. The molecule has 55 heavy (non-hydrogen) atoms. The van der Waals surface area contributed by atoms with Crippen molar-refractivity contribution in [1.29, 1.82) is 0 Å². The average molecular weight is 742 g/mol. The van der Waals surface area contributed by atoms with Crippen molar-refractivity contribution in [2.45, 2.75) is 57.2 Å². The van der Waals surface area contributed by atoms with E-state index in [4.69, 9.17) is 4.98 Å². The maximum atomic E-state index is 13.4. The van der Waals surface area contributed by atoms with Crippen LogP contribution in [0.3, 0.4) is 0 Å². The summed E-state index contributed by atoms with van der Waals surface area (Å²) in [6.45, 7) is 3.43. The van der Waals surface area contributed by atoms with Gasteiger partial charge in [-0.15, -0.1) is 0 Å². The van der Waals surface area contributed by atoms with E-state index in [2.05, 4.69) is 36.9 Å². The topological polar surface area (TPSA) is 153 Å². The van der Waals surface area contributed by atoms with Gasteiger partial charge in [0.2, 0.25) is 17.8 Å². The molecule has 8 rings (SSSR count). The van der Waals surface area contributed by atoms with E-state index in [9.17, 15) is 24.0 Å². The largest absolute Gasteiger partial charge is 0.343 e. The Kier molecular flexibility index (Phi) is 9.79. The van der Waals surface area contributed by atoms with E-state index < -0.39 is 11.9 Å². The van der Waals surface area contributed by atoms with Gasteiger partial charge in [-0.05, 0) is 73.4 Å². The molecule has 4 aromatic rings. The number of carbonyl (C=O) groups excluding carboxylic acids is 5. The molecule has 4 aliphatic rings. The predicted octanol–water partition coefficient (Wildman–Crippen LogP) is 3.56. The summed E-state index contributed by atoms with van der Waals surface area (Å²) in [5.74, 6) is 5.85. The summed E-state index contributed by atoms with van der Waals surface area (Å²) in [5, 5.41) is 6.43. The number of imide groups is 1. The maximum absolute atomic E-state index is 13.4. The monoisotopic (exact) mass is 741 g/mol. The summed E-state index contributed by atoms with van der Waals surface area (Å²) < 4.78 is 2.09. The first-order valence-corrected chi connectivity index (χ1v) is 18.9. The Morgan fingerprint density at radius 3 is 2.45 bits per heavy atom. The van der Waals surface area contributed by atoms with Crippen molar-refractivity contribution in [2.75, 3.05) is 52.1 Å². The lowest BCUT2D eigenvalue weighted by Crippen LogP contribution is -2.52. The fraction of sp³-hybridized carbons (Fsp3) is 0.390. The predicted molar refractivity (Wildman–Crippen MR) is 204 cm³/mol. The van der Waals surface area contributed by atoms with E-state index in [1.165, 1.54) is 4.90 Å². The second kappa shape index (κ2) is 15.0. The number of rotatable bonds is 7. The molecule has 5 heterocycles. The molecule has 3 aliphatic heterocycles. The quantitative estimate of drug-likeness (QED) is 0.214. The van der Waals surface area contributed by atoms with Crippen LogP contribution in [0.2, 0.25) is 0 Å². The fourth-order valence-electron chi connectivity index (χ4n) is 8.02. The van der Waals surface area contributed by atoms with Gasteiger partial charge in [0.05, 0.1) is 6.54 Å². The van der Waals surface area contributed by atoms with E-state index in [-0.39, 0.29) is 36.1 Å². The molecule has 0 spiro atoms. The zero-order valence-corrected chi connectivity index (χ0v) is 31.0. The second-order valence-electron chi connectivity index (χ2n) is 14.9. The molecule has 14 heteroatoms. The van der Waals surface area contributed by atoms with E-state index in [0.29, 0.717) is 68.5 Å². The SMILES string of the molecule is CN(C)C(=O)c1cc2cnc(Nc3ccc(C(=O)N4CCN(CC#Cc5ccc6c(c5)CN(C5CCC(=O)NC5=O)C6=O)CC4)cc3)nc2n1C1CCCC1. The third-order valence-corrected chi connectivity index (χ3v) is 11.0. The molecule has 5 amide bonds. The summed E-state index contributed by atoms with van der Waals surface area (Å²) in [6, 6.07) is 14.3. The van der Waals surface area contributed by atoms with Gasteiger partial charge < -0.3 is 24.6 Å². The van der Waals surface area contributed by atoms with Crippen molar-refractivity contribution in [1.82, 2.24) is 39.5 Å². The minimum absolute atomic E-state index is 0.0264. The van der Waals surface area contributed by atoms with Crippen LogP contribution in [0.15, 0.2) is 54.7 Å². The Labute approximate surface area is 318 Å². The minimum atomic E-state index is -0.645. The van der Waals surface area contributed by atoms with Crippen LogP contribution in [0.1, 0.15) is 86.9 Å². The van der Waals surface area contributed by atoms with Crippen LogP contribution in [0.25, 0.3) is 11.0 Å². The molecule has 282 valence electrons. The molecule has 2 saturated heterocycles. The van der Waals surface area contributed by atoms with Gasteiger partial charge in [-0.25, -0.2) is 4.98 Å². The van der Waals surface area contributed by atoms with Crippen LogP contribution < -0.4 is 10.6 Å². The summed E-state index contributed by atoms with van der Waals surface area (Å²) in [6.07, 6.45) is 6.59. The number of nitrogens with zero attached hydrogens (tertiary/aromatic N) is 7. The van der Waals surface area contributed by atoms with Crippen molar-refractivity contribution in [2.24, 2.45) is 0 Å². The molecule has 1 unspecified atom stereocenters. The van der Waals surface area contributed by atoms with Gasteiger partial charge >= 0.3 is 0 Å². The number of piperidine rings is 1. The molecule has 3 fully saturated rings. The van der Waals surface area contributed by atoms with Gasteiger partial charge in [0.15, 0.2) is 0 Å². The van der Waals surface area contributed by atoms with Crippen LogP contribution in [-0.2, 0) is 16.1 Å². The van der Waals surface area contributed by atoms with Gasteiger partial charge in [-0.3, -0.25) is 34.2 Å². The highest BCUT2D eigenvalue weighted by atomic mass is 16.2. The van der Waals surface area contributed by atoms with Crippen molar-refractivity contribution >= 4 is 52.2 Å². The number of anilines is 2. The molecule has 2 aromatic carbocycles. The first-order valence-electron chi connectivity index (χ1n) is 18.9. The Bertz CT molecular complexity index is 2260. The second-order valence-corrected chi connectivity index (χ2v) is 14.9. The highest BCUT2D eigenvalue weighted by Gasteiger charge is 2.39. The van der Waals surface area contributed by atoms with Crippen LogP contribution in [0.5, 0.6) is 0 Å². The molecule has 2 N–H and O–H groups in total. The standard InChI is InChI=1S/C41H43N9O5/c1-46(2)40(55)34-23-28-24-42-41(45-36(28)50(34)31-7-3-4-8-31)43-30-12-10-27(11-13-30)38(53)48-20-18-47(19-21-48)17-5-6-26-9-14-32-29(22-26)25-49(39(32)54)33-15-16-35(51)44-37(33)52/h9-14,22-24,31,33H,3-4,7-8,15-21,25H2,1-2H3,(H,42,43,45)(H,44,51,52). The van der Waals surface area contributed by atoms with Crippen LogP contribution >= 0.6 is 0 Å². The van der Waals surface area contributed by atoms with E-state index in [0.717, 1.165) is 53.5 Å². The number of benzene rings is 2. The number of aromatic nitrogens is 3. The van der Waals surface area contributed by atoms with Gasteiger partial charge in [0.25, 0.3) is 17.7 Å². The molecule has 2 aromatic heterocycles. The summed E-state index contributed by atoms with van der Waals surface area (Å²) in [7, 11) is 3.52. The van der Waals surface area contributed by atoms with Crippen molar-refractivity contribution in [3.8, 4) is 11.8 Å². The van der Waals surface area contributed by atoms with Gasteiger partial charge in [0, 0.05) is 93.2 Å². The highest BCUT2D eigenvalue weighted by molar-refractivity contribution is 6.05. The lowest BCUT2D eigenvalue weighted by Gasteiger charge is -2.33. The normalized spacial score (nSPS) is 18.9. The number of nitrogens with one attached hydrogen (secondary N) is 2. The summed E-state index contributed by atoms with van der Waals surface area (Å²) in [4.78, 5) is 79.9. The van der Waals surface area contributed by atoms with Crippen molar-refractivity contribution < 1.29 is 24.0 Å². The minimum Gasteiger partial charge on any atom is -0.343 e. The fourth-order valence-corrected chi connectivity index (χ4v) is 8.02. The van der Waals surface area contributed by atoms with Gasteiger partial charge in [0.1, 0.15) is 17.4 Å². The van der Waals surface area contributed by atoms with Crippen molar-refractivity contribution in [3.63, 3.8) is 0 Å². The molecule has 1 saturated carbocycles. The molecule has 14 nitrogen and oxygen atoms in total. The van der Waals surface area contributed by atoms with Crippen LogP contribution in [-0.4, -0.2) is 117 Å². The van der Waals surface area contributed by atoms with Crippen LogP contribution in [0, 0.1) is 11.8 Å². The number of hydrogen-bond donors (Lipinski definition) is 2. The van der Waals surface area contributed by atoms with Crippen LogP contribution in [0.4, 0.5) is 11.6 Å². The number of fused-ring (bicyclic) bond motifs is 2. The van der Waals surface area contributed by atoms with Gasteiger partial charge in [-0.1, -0.05) is 24.7 Å². The highest BCUT2D eigenvalue weighted by Crippen LogP contribution is 2.35. The Morgan fingerprint density at radius 1 is 0.964 bits per heavy atom. The first kappa shape index (κ1) is 35.9. The first-order chi connectivity index (χ1) is 26.6. The number of piperazine rings is 1. The number of carbonyl (C=O) groups is 5. The third-order valence-electron chi connectivity index (χ3n) is 11.0. The molecule has 0 bridgehead atoms. The lowest BCUT2D eigenvalue weighted by molar-refractivity contribution is -0.136. The summed E-state index contributed by atoms with van der Waals surface area (Å²) in [5.41, 5.74) is 4.91. The Balaban J connectivity index is 0.846. The van der Waals surface area contributed by atoms with E-state index >= 15 is 0 Å². The third kappa shape index (κ3) is 7.27. The molecular formula is C41H43N9O5. The van der Waals surface area contributed by atoms with E-state index in [1.54, 1.807) is 31.3 Å². The lowest BCUT2D eigenvalue weighted by atomic mass is 10.0. The molecule has 0 radical (unpaired) electrons. The van der Waals surface area contributed by atoms with Gasteiger partial charge in [-0.2, -0.15) is 4.98 Å².